The van der Waals surface area contributed by atoms with Gasteiger partial charge in [-0.1, -0.05) is 30.3 Å². The molecule has 27 heavy (non-hydrogen) atoms. The lowest BCUT2D eigenvalue weighted by Crippen LogP contribution is -2.44. The number of non-ortho nitro benzene ring substituents is 1. The highest BCUT2D eigenvalue weighted by Gasteiger charge is 2.29. The van der Waals surface area contributed by atoms with Gasteiger partial charge in [0.15, 0.2) is 0 Å². The number of nitrogens with one attached hydrogen (secondary N) is 1. The molecule has 0 aromatic heterocycles. The lowest BCUT2D eigenvalue weighted by Gasteiger charge is -2.31. The number of nitrogens with zero attached hydrogens (tertiary/aromatic N) is 1. The maximum atomic E-state index is 11.2. The number of nitro groups is 1. The van der Waals surface area contributed by atoms with Crippen LogP contribution in [0.1, 0.15) is 38.3 Å². The van der Waals surface area contributed by atoms with Crippen LogP contribution in [0.2, 0.25) is 0 Å². The number of hydrogen-bond acceptors (Lipinski definition) is 5. The predicted molar refractivity (Wildman–Crippen MR) is 105 cm³/mol. The van der Waals surface area contributed by atoms with Crippen molar-refractivity contribution in [3.8, 4) is 0 Å². The molecule has 146 valence electrons. The summed E-state index contributed by atoms with van der Waals surface area (Å²) in [5, 5.41) is 25.3. The second-order valence-electron chi connectivity index (χ2n) is 7.54. The van der Waals surface area contributed by atoms with Crippen molar-refractivity contribution in [3.63, 3.8) is 0 Å². The summed E-state index contributed by atoms with van der Waals surface area (Å²) in [6.07, 6.45) is 1.09. The Morgan fingerprint density at radius 2 is 1.70 bits per heavy atom. The summed E-state index contributed by atoms with van der Waals surface area (Å²) in [4.78, 5) is 10.4. The third-order valence-corrected chi connectivity index (χ3v) is 4.23. The van der Waals surface area contributed by atoms with Gasteiger partial charge in [-0.25, -0.2) is 0 Å². The van der Waals surface area contributed by atoms with Gasteiger partial charge in [-0.3, -0.25) is 15.4 Å². The highest BCUT2D eigenvalue weighted by molar-refractivity contribution is 5.35. The van der Waals surface area contributed by atoms with E-state index in [0.29, 0.717) is 25.1 Å². The van der Waals surface area contributed by atoms with Gasteiger partial charge in [0, 0.05) is 25.1 Å². The molecule has 0 aliphatic rings. The van der Waals surface area contributed by atoms with Crippen molar-refractivity contribution in [1.82, 2.24) is 5.32 Å². The number of rotatable bonds is 9. The lowest BCUT2D eigenvalue weighted by molar-refractivity contribution is -0.384. The van der Waals surface area contributed by atoms with E-state index in [4.69, 9.17) is 4.74 Å². The fraction of sp³-hybridized carbons (Fsp3) is 0.429. The second-order valence-corrected chi connectivity index (χ2v) is 7.54. The number of nitro benzene ring substituents is 1. The van der Waals surface area contributed by atoms with Crippen LogP contribution in [0.4, 0.5) is 5.69 Å². The van der Waals surface area contributed by atoms with Crippen molar-refractivity contribution >= 4 is 5.69 Å². The monoisotopic (exact) mass is 372 g/mol. The highest BCUT2D eigenvalue weighted by atomic mass is 16.6. The van der Waals surface area contributed by atoms with Crippen LogP contribution in [-0.4, -0.2) is 28.8 Å². The zero-order valence-electron chi connectivity index (χ0n) is 16.1. The Balaban J connectivity index is 2.10. The molecular formula is C21H28N2O4. The van der Waals surface area contributed by atoms with Gasteiger partial charge < -0.3 is 9.84 Å². The Labute approximate surface area is 160 Å². The number of aliphatic hydroxyl groups is 1. The molecule has 0 aliphatic heterocycles. The molecule has 2 aromatic rings. The maximum Gasteiger partial charge on any atom is 0.269 e. The summed E-state index contributed by atoms with van der Waals surface area (Å²) in [5.41, 5.74) is 0.118. The molecule has 0 saturated heterocycles. The topological polar surface area (TPSA) is 84.6 Å². The molecule has 2 N–H and O–H groups in total. The summed E-state index contributed by atoms with van der Waals surface area (Å²) in [6, 6.07) is 16.0. The summed E-state index contributed by atoms with van der Waals surface area (Å²) < 4.78 is 5.76. The zero-order valence-corrected chi connectivity index (χ0v) is 16.1. The van der Waals surface area contributed by atoms with Gasteiger partial charge in [0.05, 0.1) is 17.1 Å². The smallest absolute Gasteiger partial charge is 0.269 e. The molecule has 6 heteroatoms. The van der Waals surface area contributed by atoms with Crippen molar-refractivity contribution in [2.75, 3.05) is 13.2 Å². The molecule has 0 saturated carbocycles. The SMILES string of the molecule is CC(C)(C)OCCC(O)(NCCc1ccccc1)c1ccc([N+](=O)[O-])cc1. The molecule has 2 aromatic carbocycles. The Hall–Kier alpha value is -2.28. The molecule has 2 rings (SSSR count). The third kappa shape index (κ3) is 6.75. The van der Waals surface area contributed by atoms with Crippen LogP contribution in [0.5, 0.6) is 0 Å². The minimum absolute atomic E-state index is 0.00340. The summed E-state index contributed by atoms with van der Waals surface area (Å²) in [5.74, 6) is 0. The van der Waals surface area contributed by atoms with Crippen LogP contribution >= 0.6 is 0 Å². The van der Waals surface area contributed by atoms with Crippen molar-refractivity contribution in [1.29, 1.82) is 0 Å². The van der Waals surface area contributed by atoms with Crippen LogP contribution in [0.25, 0.3) is 0 Å². The van der Waals surface area contributed by atoms with Crippen molar-refractivity contribution in [2.24, 2.45) is 0 Å². The zero-order chi connectivity index (χ0) is 19.9. The Bertz CT molecular complexity index is 726. The van der Waals surface area contributed by atoms with Crippen molar-refractivity contribution in [2.45, 2.75) is 44.9 Å². The highest BCUT2D eigenvalue weighted by Crippen LogP contribution is 2.25. The number of ether oxygens (including phenoxy) is 1. The summed E-state index contributed by atoms with van der Waals surface area (Å²) in [6.45, 7) is 6.80. The average molecular weight is 372 g/mol. The van der Waals surface area contributed by atoms with E-state index >= 15 is 0 Å². The van der Waals surface area contributed by atoms with Crippen LogP contribution in [0.3, 0.4) is 0 Å². The van der Waals surface area contributed by atoms with E-state index in [1.807, 2.05) is 51.1 Å². The molecule has 0 amide bonds. The molecule has 0 bridgehead atoms. The number of benzene rings is 2. The number of hydrogen-bond donors (Lipinski definition) is 2. The largest absolute Gasteiger partial charge is 0.376 e. The van der Waals surface area contributed by atoms with Crippen LogP contribution in [0.15, 0.2) is 54.6 Å². The predicted octanol–water partition coefficient (Wildman–Crippen LogP) is 3.78. The summed E-state index contributed by atoms with van der Waals surface area (Å²) in [7, 11) is 0. The van der Waals surface area contributed by atoms with Crippen molar-refractivity contribution < 1.29 is 14.8 Å². The molecule has 0 radical (unpaired) electrons. The minimum Gasteiger partial charge on any atom is -0.376 e. The average Bonchev–Trinajstić information content (AvgIpc) is 2.61. The first kappa shape index (κ1) is 21.0. The molecular weight excluding hydrogens is 344 g/mol. The quantitative estimate of drug-likeness (QED) is 0.397. The van der Waals surface area contributed by atoms with E-state index in [9.17, 15) is 15.2 Å². The van der Waals surface area contributed by atoms with E-state index in [2.05, 4.69) is 5.32 Å². The Morgan fingerprint density at radius 3 is 2.26 bits per heavy atom. The Kier molecular flexibility index (Phi) is 7.07. The van der Waals surface area contributed by atoms with Gasteiger partial charge in [-0.2, -0.15) is 0 Å². The molecule has 6 nitrogen and oxygen atoms in total. The normalized spacial score (nSPS) is 13.9. The molecule has 0 fully saturated rings. The van der Waals surface area contributed by atoms with Gasteiger partial charge in [-0.05, 0) is 50.5 Å². The lowest BCUT2D eigenvalue weighted by atomic mass is 9.98. The fourth-order valence-electron chi connectivity index (χ4n) is 2.76. The molecule has 0 aliphatic carbocycles. The minimum atomic E-state index is -1.32. The van der Waals surface area contributed by atoms with Gasteiger partial charge >= 0.3 is 0 Å². The van der Waals surface area contributed by atoms with Gasteiger partial charge in [0.25, 0.3) is 5.69 Å². The van der Waals surface area contributed by atoms with Crippen molar-refractivity contribution in [3.05, 3.63) is 75.8 Å². The molecule has 1 atom stereocenters. The van der Waals surface area contributed by atoms with E-state index in [-0.39, 0.29) is 11.3 Å². The Morgan fingerprint density at radius 1 is 1.07 bits per heavy atom. The maximum absolute atomic E-state index is 11.2. The van der Waals surface area contributed by atoms with Gasteiger partial charge in [0.2, 0.25) is 0 Å². The first-order valence-corrected chi connectivity index (χ1v) is 9.10. The van der Waals surface area contributed by atoms with E-state index in [1.54, 1.807) is 12.1 Å². The third-order valence-electron chi connectivity index (χ3n) is 4.23. The van der Waals surface area contributed by atoms with Crippen LogP contribution in [-0.2, 0) is 16.9 Å². The summed E-state index contributed by atoms with van der Waals surface area (Å²) >= 11 is 0. The molecule has 0 spiro atoms. The first-order valence-electron chi connectivity index (χ1n) is 9.10. The second kappa shape index (κ2) is 9.08. The van der Waals surface area contributed by atoms with E-state index < -0.39 is 10.6 Å². The standard InChI is InChI=1S/C21H28N2O4/c1-20(2,3)27-16-14-21(24,18-9-11-19(12-10-18)23(25)26)22-15-13-17-7-5-4-6-8-17/h4-12,22,24H,13-16H2,1-3H3. The van der Waals surface area contributed by atoms with Crippen LogP contribution < -0.4 is 5.32 Å². The molecule has 1 unspecified atom stereocenters. The fourth-order valence-corrected chi connectivity index (χ4v) is 2.76. The van der Waals surface area contributed by atoms with E-state index in [0.717, 1.165) is 6.42 Å². The van der Waals surface area contributed by atoms with Gasteiger partial charge in [-0.15, -0.1) is 0 Å². The first-order chi connectivity index (χ1) is 12.7. The van der Waals surface area contributed by atoms with Gasteiger partial charge in [0.1, 0.15) is 5.72 Å². The van der Waals surface area contributed by atoms with E-state index in [1.165, 1.54) is 17.7 Å². The molecule has 0 heterocycles. The van der Waals surface area contributed by atoms with Crippen LogP contribution in [0, 0.1) is 10.1 Å².